The number of aromatic nitrogens is 1. The molecule has 0 aliphatic rings. The van der Waals surface area contributed by atoms with Gasteiger partial charge in [-0.15, -0.1) is 0 Å². The van der Waals surface area contributed by atoms with E-state index in [1.165, 1.54) is 18.5 Å². The van der Waals surface area contributed by atoms with Gasteiger partial charge in [0.25, 0.3) is 0 Å². The van der Waals surface area contributed by atoms with Crippen LogP contribution >= 0.6 is 0 Å². The summed E-state index contributed by atoms with van der Waals surface area (Å²) in [7, 11) is 0. The summed E-state index contributed by atoms with van der Waals surface area (Å²) in [4.78, 5) is 4.07. The van der Waals surface area contributed by atoms with E-state index in [0.29, 0.717) is 10.5 Å². The largest absolute Gasteiger partial charge is 1.00 e. The molecule has 11 heavy (non-hydrogen) atoms. The monoisotopic (exact) mass is 163 g/mol. The van der Waals surface area contributed by atoms with Crippen LogP contribution < -0.4 is 18.9 Å². The maximum absolute atomic E-state index is 10.4. The van der Waals surface area contributed by atoms with Gasteiger partial charge in [-0.25, -0.2) is 0 Å². The van der Waals surface area contributed by atoms with Crippen molar-refractivity contribution in [3.05, 3.63) is 24.0 Å². The van der Waals surface area contributed by atoms with E-state index < -0.39 is 11.1 Å². The summed E-state index contributed by atoms with van der Waals surface area (Å²) in [5, 5.41) is 0. The van der Waals surface area contributed by atoms with Crippen molar-refractivity contribution in [1.82, 2.24) is 4.98 Å². The van der Waals surface area contributed by atoms with E-state index in [1.807, 2.05) is 0 Å². The number of rotatable bonds is 1. The summed E-state index contributed by atoms with van der Waals surface area (Å²) in [6, 6.07) is 1.47. The predicted octanol–water partition coefficient (Wildman–Crippen LogP) is -2.37. The van der Waals surface area contributed by atoms with Crippen molar-refractivity contribution in [2.45, 2.75) is 11.8 Å². The van der Waals surface area contributed by atoms with Crippen LogP contribution in [0.5, 0.6) is 0 Å². The van der Waals surface area contributed by atoms with Gasteiger partial charge in [0.05, 0.1) is 0 Å². The van der Waals surface area contributed by atoms with Gasteiger partial charge in [-0.2, -0.15) is 0 Å². The molecule has 54 valence electrons. The third-order valence-corrected chi connectivity index (χ3v) is 1.97. The smallest absolute Gasteiger partial charge is 0.768 e. The number of aryl methyl sites for hydroxylation is 1. The first-order valence-corrected chi connectivity index (χ1v) is 3.79. The second-order valence-corrected chi connectivity index (χ2v) is 2.79. The Morgan fingerprint density at radius 1 is 1.64 bits per heavy atom. The van der Waals surface area contributed by atoms with Gasteiger partial charge >= 0.3 is 18.9 Å². The molecule has 1 atom stereocenters. The number of hydrogen-bond acceptors (Lipinski definition) is 3. The fourth-order valence-corrected chi connectivity index (χ4v) is 1.14. The van der Waals surface area contributed by atoms with Crippen LogP contribution in [0, 0.1) is 6.92 Å². The summed E-state index contributed by atoms with van der Waals surface area (Å²) in [6.07, 6.45) is 2.98. The Hall–Kier alpha value is -0.143. The summed E-state index contributed by atoms with van der Waals surface area (Å²) in [5.41, 5.74) is 0.677. The van der Waals surface area contributed by atoms with Gasteiger partial charge in [-0.1, -0.05) is 0 Å². The van der Waals surface area contributed by atoms with E-state index >= 15 is 0 Å². The molecule has 5 heteroatoms. The van der Waals surface area contributed by atoms with Gasteiger partial charge in [0.2, 0.25) is 0 Å². The Kier molecular flexibility index (Phi) is 4.62. The van der Waals surface area contributed by atoms with Gasteiger partial charge < -0.3 is 4.55 Å². The van der Waals surface area contributed by atoms with Gasteiger partial charge in [0.1, 0.15) is 0 Å². The molecule has 1 rings (SSSR count). The van der Waals surface area contributed by atoms with Crippen LogP contribution in [-0.2, 0) is 11.1 Å². The normalized spacial score (nSPS) is 11.8. The Morgan fingerprint density at radius 3 is 2.64 bits per heavy atom. The quantitative estimate of drug-likeness (QED) is 0.343. The van der Waals surface area contributed by atoms with Crippen LogP contribution in [0.1, 0.15) is 5.56 Å². The van der Waals surface area contributed by atoms with E-state index in [9.17, 15) is 8.76 Å². The first-order chi connectivity index (χ1) is 4.72. The van der Waals surface area contributed by atoms with Crippen LogP contribution in [0.2, 0.25) is 0 Å². The Labute approximate surface area is 79.7 Å². The molecule has 0 N–H and O–H groups in total. The van der Waals surface area contributed by atoms with E-state index in [2.05, 4.69) is 4.98 Å². The fraction of sp³-hybridized carbons (Fsp3) is 0.167. The molecule has 1 heterocycles. The average molecular weight is 163 g/mol. The van der Waals surface area contributed by atoms with Crippen LogP contribution in [0.15, 0.2) is 23.4 Å². The molecular weight excluding hydrogens is 157 g/mol. The molecule has 0 fully saturated rings. The summed E-state index contributed by atoms with van der Waals surface area (Å²) in [6.45, 7) is 1.71. The fourth-order valence-electron chi connectivity index (χ4n) is 0.648. The molecule has 0 saturated carbocycles. The Bertz CT molecular complexity index is 267. The maximum atomic E-state index is 10.4. The van der Waals surface area contributed by atoms with Crippen molar-refractivity contribution >= 4 is 11.1 Å². The second-order valence-electron chi connectivity index (χ2n) is 1.88. The molecule has 0 saturated heterocycles. The van der Waals surface area contributed by atoms with E-state index in [1.54, 1.807) is 6.92 Å². The molecular formula is C6H6LiNO2S. The zero-order chi connectivity index (χ0) is 7.56. The summed E-state index contributed by atoms with van der Waals surface area (Å²) in [5.74, 6) is 0. The van der Waals surface area contributed by atoms with Crippen LogP contribution in [0.4, 0.5) is 0 Å². The van der Waals surface area contributed by atoms with Crippen LogP contribution in [0.3, 0.4) is 0 Å². The minimum absolute atomic E-state index is 0. The van der Waals surface area contributed by atoms with Crippen molar-refractivity contribution in [1.29, 1.82) is 0 Å². The van der Waals surface area contributed by atoms with Crippen LogP contribution in [-0.4, -0.2) is 13.7 Å². The van der Waals surface area contributed by atoms with E-state index in [4.69, 9.17) is 0 Å². The van der Waals surface area contributed by atoms with Gasteiger partial charge in [0, 0.05) is 17.3 Å². The van der Waals surface area contributed by atoms with E-state index in [-0.39, 0.29) is 18.9 Å². The molecule has 3 nitrogen and oxygen atoms in total. The molecule has 0 bridgehead atoms. The van der Waals surface area contributed by atoms with Crippen molar-refractivity contribution in [3.8, 4) is 0 Å². The molecule has 0 aliphatic heterocycles. The molecule has 0 amide bonds. The molecule has 1 aromatic rings. The maximum Gasteiger partial charge on any atom is 1.00 e. The van der Waals surface area contributed by atoms with Gasteiger partial charge in [-0.3, -0.25) is 9.19 Å². The number of pyridine rings is 1. The van der Waals surface area contributed by atoms with Crippen molar-refractivity contribution in [2.24, 2.45) is 0 Å². The molecule has 0 spiro atoms. The van der Waals surface area contributed by atoms with Gasteiger partial charge in [0.15, 0.2) is 0 Å². The molecule has 1 aromatic heterocycles. The second kappa shape index (κ2) is 4.68. The summed E-state index contributed by atoms with van der Waals surface area (Å²) < 4.78 is 20.8. The minimum atomic E-state index is -2.13. The topological polar surface area (TPSA) is 53.0 Å². The average Bonchev–Trinajstić information content (AvgIpc) is 1.88. The molecule has 0 radical (unpaired) electrons. The first kappa shape index (κ1) is 10.9. The third-order valence-electron chi connectivity index (χ3n) is 1.15. The minimum Gasteiger partial charge on any atom is -0.768 e. The van der Waals surface area contributed by atoms with Crippen molar-refractivity contribution < 1.29 is 27.6 Å². The molecule has 0 aliphatic carbocycles. The van der Waals surface area contributed by atoms with Crippen molar-refractivity contribution in [3.63, 3.8) is 0 Å². The molecule has 1 unspecified atom stereocenters. The Balaban J connectivity index is 0.000001000. The third kappa shape index (κ3) is 2.76. The number of nitrogens with zero attached hydrogens (tertiary/aromatic N) is 1. The zero-order valence-electron chi connectivity index (χ0n) is 6.40. The number of hydrogen-bond donors (Lipinski definition) is 0. The van der Waals surface area contributed by atoms with E-state index in [0.717, 1.165) is 0 Å². The SMILES string of the molecule is Cc1cnccc1S(=O)[O-].[Li+]. The first-order valence-electron chi connectivity index (χ1n) is 2.71. The molecule has 0 aromatic carbocycles. The van der Waals surface area contributed by atoms with Crippen LogP contribution in [0.25, 0.3) is 0 Å². The standard InChI is InChI=1S/C6H7NO2S.Li/c1-5-4-7-3-2-6(5)10(8)9;/h2-4H,1H3,(H,8,9);/q;+1/p-1. The van der Waals surface area contributed by atoms with Crippen molar-refractivity contribution in [2.75, 3.05) is 0 Å². The summed E-state index contributed by atoms with van der Waals surface area (Å²) >= 11 is -2.13. The Morgan fingerprint density at radius 2 is 2.27 bits per heavy atom. The van der Waals surface area contributed by atoms with Gasteiger partial charge in [-0.05, 0) is 29.6 Å². The predicted molar refractivity (Wildman–Crippen MR) is 36.2 cm³/mol. The zero-order valence-corrected chi connectivity index (χ0v) is 7.22.